The summed E-state index contributed by atoms with van der Waals surface area (Å²) < 4.78 is 2.29. The molecule has 580 valence electrons. The molecule has 4 nitrogen and oxygen atoms in total. The predicted octanol–water partition coefficient (Wildman–Crippen LogP) is 31.6. The second kappa shape index (κ2) is 28.3. The smallest absolute Gasteiger partial charge is 0.160 e. The molecule has 19 aromatic carbocycles. The van der Waals surface area contributed by atoms with Gasteiger partial charge < -0.3 is 0 Å². The maximum absolute atomic E-state index is 5.56. The predicted molar refractivity (Wildman–Crippen MR) is 523 cm³/mol. The third-order valence-corrected chi connectivity index (χ3v) is 30.2. The van der Waals surface area contributed by atoms with Crippen LogP contribution in [0.2, 0.25) is 0 Å². The SMILES string of the molecule is c1ccc(-c2ccc(-c3c4ccccc4c(-c4ccc5nc(-c6ccccc6)c6ccc7c(c6c5c4)Sc4ccccc4C74c5ccccc5-c5ccccc54)c4ccccc34)cc2)cc1.c1ccc(-c2nc(-c3ccc4nc(-c5ccccc5)c5ccc6c(c5c4c3)Sc3ccccc3C63c4ccccc4-c4ccccc43)c3sc4ccccc4c3n2)cc1. The number of hydrogen-bond acceptors (Lipinski definition) is 7. The van der Waals surface area contributed by atoms with Gasteiger partial charge in [-0.1, -0.05) is 406 Å². The van der Waals surface area contributed by atoms with Gasteiger partial charge in [0.1, 0.15) is 0 Å². The molecule has 6 heterocycles. The standard InChI is InChI=1S/C64H39NS.C54H31N3S2/c1-3-17-40(18-4-1)41-31-33-42(34-32-41)59-47-23-7-9-25-49(47)60(50-26-10-8-24-48(50)59)44-35-38-57-52(39-44)61-51(62(65-57)43-19-5-2-6-20-43)36-37-56-63(61)66-58-30-16-15-29-55(58)64(56)53-27-13-11-21-45(53)46-22-12-14-28-54(46)64;1-3-15-32(16-4-1)48-38-28-29-43-51(59-46-26-14-12-24-42(46)54(43)40-22-10-7-19-35(40)36-20-8-11-23-41(36)54)47(38)39-31-34(27-30-44(39)55-48)49-52-50(37-21-9-13-25-45(37)58-52)57-53(56-49)33-17-5-2-6-18-33/h1-39H;1-31H. The number of hydrogen-bond donors (Lipinski definition) is 0. The third kappa shape index (κ3) is 10.7. The van der Waals surface area contributed by atoms with Crippen LogP contribution in [-0.2, 0) is 10.8 Å². The molecule has 0 N–H and O–H groups in total. The first-order valence-corrected chi connectivity index (χ1v) is 45.2. The molecule has 2 aliphatic carbocycles. The highest BCUT2D eigenvalue weighted by Gasteiger charge is 2.53. The minimum Gasteiger partial charge on any atom is -0.247 e. The monoisotopic (exact) mass is 1640 g/mol. The fraction of sp³-hybridized carbons (Fsp3) is 0.0169. The Morgan fingerprint density at radius 2 is 0.560 bits per heavy atom. The molecule has 0 unspecified atom stereocenters. The van der Waals surface area contributed by atoms with Crippen LogP contribution in [0.5, 0.6) is 0 Å². The van der Waals surface area contributed by atoms with Crippen LogP contribution < -0.4 is 0 Å². The van der Waals surface area contributed by atoms with Gasteiger partial charge in [-0.2, -0.15) is 0 Å². The van der Waals surface area contributed by atoms with E-state index in [-0.39, 0.29) is 0 Å². The molecule has 2 spiro atoms. The lowest BCUT2D eigenvalue weighted by Crippen LogP contribution is -2.32. The minimum absolute atomic E-state index is 0.486. The maximum atomic E-state index is 5.56. The number of thiophene rings is 1. The average molecular weight is 1640 g/mol. The first-order valence-electron chi connectivity index (χ1n) is 42.7. The lowest BCUT2D eigenvalue weighted by atomic mass is 9.67. The summed E-state index contributed by atoms with van der Waals surface area (Å²) in [5.74, 6) is 0.726. The molecule has 23 aromatic rings. The lowest BCUT2D eigenvalue weighted by Gasteiger charge is -2.40. The zero-order valence-electron chi connectivity index (χ0n) is 67.4. The van der Waals surface area contributed by atoms with Crippen LogP contribution in [0, 0.1) is 0 Å². The van der Waals surface area contributed by atoms with Crippen LogP contribution in [0.15, 0.2) is 444 Å². The van der Waals surface area contributed by atoms with E-state index in [0.717, 1.165) is 93.3 Å². The third-order valence-electron chi connectivity index (χ3n) is 26.7. The number of benzene rings is 19. The molecule has 0 bridgehead atoms. The van der Waals surface area contributed by atoms with Crippen molar-refractivity contribution >= 4 is 120 Å². The maximum Gasteiger partial charge on any atom is 0.160 e. The molecule has 4 aliphatic rings. The summed E-state index contributed by atoms with van der Waals surface area (Å²) in [6.07, 6.45) is 0. The second-order valence-corrected chi connectivity index (χ2v) is 36.2. The van der Waals surface area contributed by atoms with Crippen molar-refractivity contribution in [2.24, 2.45) is 0 Å². The number of aromatic nitrogens is 4. The van der Waals surface area contributed by atoms with Gasteiger partial charge in [-0.3, -0.25) is 0 Å². The van der Waals surface area contributed by atoms with Crippen molar-refractivity contribution in [2.45, 2.75) is 30.4 Å². The fourth-order valence-corrected chi connectivity index (χ4v) is 25.3. The quantitative estimate of drug-likeness (QED) is 0.117. The molecule has 125 heavy (non-hydrogen) atoms. The summed E-state index contributed by atoms with van der Waals surface area (Å²) in [6.45, 7) is 0. The first-order chi connectivity index (χ1) is 62.0. The van der Waals surface area contributed by atoms with Crippen molar-refractivity contribution in [2.75, 3.05) is 0 Å². The number of fused-ring (bicyclic) bond motifs is 31. The van der Waals surface area contributed by atoms with Crippen LogP contribution in [-0.4, -0.2) is 19.9 Å². The molecule has 4 aromatic heterocycles. The molecule has 0 saturated carbocycles. The summed E-state index contributed by atoms with van der Waals surface area (Å²) in [6, 6.07) is 156. The van der Waals surface area contributed by atoms with Gasteiger partial charge in [0, 0.05) is 84.2 Å². The van der Waals surface area contributed by atoms with E-state index in [9.17, 15) is 0 Å². The Hall–Kier alpha value is -15.0. The van der Waals surface area contributed by atoms with E-state index in [0.29, 0.717) is 0 Å². The largest absolute Gasteiger partial charge is 0.247 e. The number of rotatable bonds is 7. The molecule has 0 atom stereocenters. The molecule has 0 saturated heterocycles. The van der Waals surface area contributed by atoms with Crippen LogP contribution >= 0.6 is 34.9 Å². The van der Waals surface area contributed by atoms with Gasteiger partial charge in [0.2, 0.25) is 0 Å². The molecule has 7 heteroatoms. The topological polar surface area (TPSA) is 51.6 Å². The molecule has 0 amide bonds. The summed E-state index contributed by atoms with van der Waals surface area (Å²) in [7, 11) is 0. The van der Waals surface area contributed by atoms with Crippen molar-refractivity contribution in [3.8, 4) is 101 Å². The Kier molecular flexibility index (Phi) is 16.2. The van der Waals surface area contributed by atoms with Gasteiger partial charge in [-0.25, -0.2) is 19.9 Å². The van der Waals surface area contributed by atoms with Gasteiger partial charge in [0.15, 0.2) is 5.82 Å². The van der Waals surface area contributed by atoms with Gasteiger partial charge in [-0.05, 0) is 164 Å². The van der Waals surface area contributed by atoms with Gasteiger partial charge in [0.05, 0.1) is 49.2 Å². The Labute approximate surface area is 734 Å². The molecule has 2 aliphatic heterocycles. The Balaban J connectivity index is 0.000000134. The normalized spacial score (nSPS) is 13.3. The second-order valence-electron chi connectivity index (χ2n) is 33.0. The summed E-state index contributed by atoms with van der Waals surface area (Å²) in [5.41, 5.74) is 32.4. The summed E-state index contributed by atoms with van der Waals surface area (Å²) >= 11 is 5.58. The number of nitrogens with zero attached hydrogens (tertiary/aromatic N) is 4. The van der Waals surface area contributed by atoms with Gasteiger partial charge in [0.25, 0.3) is 0 Å². The Morgan fingerprint density at radius 3 is 1.03 bits per heavy atom. The van der Waals surface area contributed by atoms with E-state index in [1.807, 2.05) is 29.6 Å². The molecule has 27 rings (SSSR count). The highest BCUT2D eigenvalue weighted by molar-refractivity contribution is 8.00. The summed E-state index contributed by atoms with van der Waals surface area (Å²) in [4.78, 5) is 26.8. The van der Waals surface area contributed by atoms with Crippen LogP contribution in [0.1, 0.15) is 44.5 Å². The first kappa shape index (κ1) is 71.7. The Bertz CT molecular complexity index is 8330. The highest BCUT2D eigenvalue weighted by atomic mass is 32.2. The van der Waals surface area contributed by atoms with E-state index >= 15 is 0 Å². The van der Waals surface area contributed by atoms with E-state index in [1.165, 1.54) is 157 Å². The van der Waals surface area contributed by atoms with Gasteiger partial charge >= 0.3 is 0 Å². The van der Waals surface area contributed by atoms with E-state index in [1.54, 1.807) is 11.3 Å². The highest BCUT2D eigenvalue weighted by Crippen LogP contribution is 2.66. The van der Waals surface area contributed by atoms with Crippen molar-refractivity contribution in [1.29, 1.82) is 0 Å². The van der Waals surface area contributed by atoms with Crippen molar-refractivity contribution in [1.82, 2.24) is 19.9 Å². The van der Waals surface area contributed by atoms with Crippen molar-refractivity contribution < 1.29 is 0 Å². The minimum atomic E-state index is -0.487. The Morgan fingerprint density at radius 1 is 0.208 bits per heavy atom. The zero-order chi connectivity index (χ0) is 82.0. The van der Waals surface area contributed by atoms with Crippen molar-refractivity contribution in [3.05, 3.63) is 469 Å². The molecular formula is C118H70N4S3. The van der Waals surface area contributed by atoms with E-state index in [2.05, 4.69) is 419 Å². The van der Waals surface area contributed by atoms with Crippen molar-refractivity contribution in [3.63, 3.8) is 0 Å². The molecule has 0 radical (unpaired) electrons. The lowest BCUT2D eigenvalue weighted by molar-refractivity contribution is 0.726. The van der Waals surface area contributed by atoms with E-state index in [4.69, 9.17) is 19.9 Å². The van der Waals surface area contributed by atoms with Crippen LogP contribution in [0.4, 0.5) is 0 Å². The fourth-order valence-electron chi connectivity index (χ4n) is 21.4. The molecule has 0 fully saturated rings. The zero-order valence-corrected chi connectivity index (χ0v) is 69.9. The van der Waals surface area contributed by atoms with Crippen LogP contribution in [0.3, 0.4) is 0 Å². The summed E-state index contributed by atoms with van der Waals surface area (Å²) in [5, 5.41) is 13.2. The average Bonchev–Trinajstić information content (AvgIpc) is 1.56. The van der Waals surface area contributed by atoms with E-state index < -0.39 is 10.8 Å². The van der Waals surface area contributed by atoms with Crippen LogP contribution in [0.25, 0.3) is 186 Å². The van der Waals surface area contributed by atoms with Gasteiger partial charge in [-0.15, -0.1) is 11.3 Å². The number of pyridine rings is 2. The molecular weight excluding hydrogens is 1570 g/mol.